The summed E-state index contributed by atoms with van der Waals surface area (Å²) < 4.78 is 0. The van der Waals surface area contributed by atoms with Gasteiger partial charge in [-0.15, -0.1) is 24.0 Å². The molecule has 0 aliphatic heterocycles. The normalized spacial score (nSPS) is 18.3. The van der Waals surface area contributed by atoms with Crippen molar-refractivity contribution in [1.82, 2.24) is 16.0 Å². The first-order chi connectivity index (χ1) is 12.2. The van der Waals surface area contributed by atoms with Crippen LogP contribution in [0.3, 0.4) is 0 Å². The van der Waals surface area contributed by atoms with Crippen LogP contribution in [0.5, 0.6) is 0 Å². The Hall–Kier alpha value is -1.31. The fraction of sp³-hybridized carbons (Fsp3) is 0.600. The van der Waals surface area contributed by atoms with Gasteiger partial charge in [0.1, 0.15) is 0 Å². The molecule has 0 atom stereocenters. The van der Waals surface area contributed by atoms with Crippen LogP contribution in [0.25, 0.3) is 0 Å². The van der Waals surface area contributed by atoms with E-state index in [4.69, 9.17) is 4.99 Å². The zero-order chi connectivity index (χ0) is 17.5. The lowest BCUT2D eigenvalue weighted by molar-refractivity contribution is -0.122. The summed E-state index contributed by atoms with van der Waals surface area (Å²) in [6.45, 7) is 5.05. The van der Waals surface area contributed by atoms with Crippen molar-refractivity contribution in [1.29, 1.82) is 0 Å². The maximum atomic E-state index is 11.7. The van der Waals surface area contributed by atoms with Crippen molar-refractivity contribution in [3.05, 3.63) is 35.9 Å². The van der Waals surface area contributed by atoms with E-state index in [1.165, 1.54) is 24.8 Å². The number of nitrogens with zero attached hydrogens (tertiary/aromatic N) is 1. The number of carbonyl (C=O) groups excluding carboxylic acids is 1. The largest absolute Gasteiger partial charge is 0.357 e. The lowest BCUT2D eigenvalue weighted by Gasteiger charge is -2.41. The van der Waals surface area contributed by atoms with Gasteiger partial charge in [0.15, 0.2) is 5.96 Å². The number of aliphatic imine (C=N–C) groups is 1. The van der Waals surface area contributed by atoms with E-state index < -0.39 is 0 Å². The second-order valence-corrected chi connectivity index (χ2v) is 7.19. The lowest BCUT2D eigenvalue weighted by atomic mass is 9.64. The molecule has 0 aromatic heterocycles. The Morgan fingerprint density at radius 1 is 1.12 bits per heavy atom. The SMILES string of the molecule is CCNC(=NCC1(c2ccccc2)CCC1)NCCNC(=O)C1CC1.I. The molecule has 0 spiro atoms. The third-order valence-corrected chi connectivity index (χ3v) is 5.25. The summed E-state index contributed by atoms with van der Waals surface area (Å²) in [5.41, 5.74) is 1.60. The van der Waals surface area contributed by atoms with Gasteiger partial charge in [-0.3, -0.25) is 9.79 Å². The summed E-state index contributed by atoms with van der Waals surface area (Å²) in [4.78, 5) is 16.5. The van der Waals surface area contributed by atoms with E-state index >= 15 is 0 Å². The van der Waals surface area contributed by atoms with Crippen molar-refractivity contribution < 1.29 is 4.79 Å². The molecule has 3 rings (SSSR count). The molecule has 2 aliphatic rings. The Balaban J connectivity index is 0.00000243. The summed E-state index contributed by atoms with van der Waals surface area (Å²) in [7, 11) is 0. The topological polar surface area (TPSA) is 65.5 Å². The van der Waals surface area contributed by atoms with Gasteiger partial charge in [-0.1, -0.05) is 36.8 Å². The predicted octanol–water partition coefficient (Wildman–Crippen LogP) is 2.81. The van der Waals surface area contributed by atoms with Crippen LogP contribution in [-0.2, 0) is 10.2 Å². The Bertz CT molecular complexity index is 597. The second kappa shape index (κ2) is 10.1. The third kappa shape index (κ3) is 5.59. The molecule has 1 aromatic carbocycles. The Morgan fingerprint density at radius 3 is 2.38 bits per heavy atom. The lowest BCUT2D eigenvalue weighted by Crippen LogP contribution is -2.44. The number of carbonyl (C=O) groups is 1. The van der Waals surface area contributed by atoms with E-state index in [9.17, 15) is 4.79 Å². The molecule has 0 saturated heterocycles. The number of halogens is 1. The first-order valence-corrected chi connectivity index (χ1v) is 9.59. The number of hydrogen-bond acceptors (Lipinski definition) is 2. The molecule has 2 fully saturated rings. The highest BCUT2D eigenvalue weighted by atomic mass is 127. The van der Waals surface area contributed by atoms with Crippen LogP contribution in [0.1, 0.15) is 44.6 Å². The van der Waals surface area contributed by atoms with Gasteiger partial charge in [0.2, 0.25) is 5.91 Å². The molecule has 0 heterocycles. The minimum absolute atomic E-state index is 0. The van der Waals surface area contributed by atoms with Crippen molar-refractivity contribution in [3.63, 3.8) is 0 Å². The van der Waals surface area contributed by atoms with Crippen molar-refractivity contribution in [3.8, 4) is 0 Å². The van der Waals surface area contributed by atoms with E-state index in [2.05, 4.69) is 53.2 Å². The maximum Gasteiger partial charge on any atom is 0.223 e. The Labute approximate surface area is 173 Å². The van der Waals surface area contributed by atoms with E-state index in [0.29, 0.717) is 13.1 Å². The quantitative estimate of drug-likeness (QED) is 0.237. The molecule has 1 aromatic rings. The summed E-state index contributed by atoms with van der Waals surface area (Å²) in [6, 6.07) is 10.8. The van der Waals surface area contributed by atoms with Gasteiger partial charge in [-0.05, 0) is 38.2 Å². The molecule has 0 radical (unpaired) electrons. The molecule has 6 heteroatoms. The van der Waals surface area contributed by atoms with Crippen molar-refractivity contribution in [2.45, 2.75) is 44.4 Å². The number of benzene rings is 1. The van der Waals surface area contributed by atoms with Crippen LogP contribution in [0.15, 0.2) is 35.3 Å². The molecule has 144 valence electrons. The van der Waals surface area contributed by atoms with Crippen LogP contribution >= 0.6 is 24.0 Å². The molecular formula is C20H31IN4O. The van der Waals surface area contributed by atoms with Crippen molar-refractivity contribution >= 4 is 35.8 Å². The van der Waals surface area contributed by atoms with E-state index in [-0.39, 0.29) is 41.2 Å². The highest BCUT2D eigenvalue weighted by Crippen LogP contribution is 2.43. The summed E-state index contributed by atoms with van der Waals surface area (Å²) in [5.74, 6) is 1.30. The van der Waals surface area contributed by atoms with Crippen molar-refractivity contribution in [2.75, 3.05) is 26.2 Å². The first-order valence-electron chi connectivity index (χ1n) is 9.59. The number of hydrogen-bond donors (Lipinski definition) is 3. The van der Waals surface area contributed by atoms with E-state index in [1.807, 2.05) is 0 Å². The monoisotopic (exact) mass is 470 g/mol. The standard InChI is InChI=1S/C20H30N4O.HI/c1-2-21-19(23-14-13-22-18(25)16-9-10-16)24-15-20(11-6-12-20)17-7-4-3-5-8-17;/h3-5,7-8,16H,2,6,9-15H2,1H3,(H,22,25)(H2,21,23,24);1H. The Kier molecular flexibility index (Phi) is 8.18. The molecule has 0 bridgehead atoms. The van der Waals surface area contributed by atoms with Gasteiger partial charge < -0.3 is 16.0 Å². The highest BCUT2D eigenvalue weighted by molar-refractivity contribution is 14.0. The summed E-state index contributed by atoms with van der Waals surface area (Å²) in [5, 5.41) is 9.61. The van der Waals surface area contributed by atoms with Crippen LogP contribution in [0, 0.1) is 5.92 Å². The number of rotatable bonds is 8. The maximum absolute atomic E-state index is 11.7. The molecule has 1 amide bonds. The van der Waals surface area contributed by atoms with Gasteiger partial charge in [-0.2, -0.15) is 0 Å². The van der Waals surface area contributed by atoms with Gasteiger partial charge >= 0.3 is 0 Å². The average Bonchev–Trinajstić information content (AvgIpc) is 3.43. The van der Waals surface area contributed by atoms with Crippen molar-refractivity contribution in [2.24, 2.45) is 10.9 Å². The van der Waals surface area contributed by atoms with Gasteiger partial charge in [-0.25, -0.2) is 0 Å². The smallest absolute Gasteiger partial charge is 0.223 e. The van der Waals surface area contributed by atoms with Crippen LogP contribution in [0.2, 0.25) is 0 Å². The minimum atomic E-state index is 0. The van der Waals surface area contributed by atoms with Gasteiger partial charge in [0.25, 0.3) is 0 Å². The first kappa shape index (κ1) is 21.0. The third-order valence-electron chi connectivity index (χ3n) is 5.25. The summed E-state index contributed by atoms with van der Waals surface area (Å²) >= 11 is 0. The number of amides is 1. The van der Waals surface area contributed by atoms with Crippen LogP contribution in [-0.4, -0.2) is 38.0 Å². The van der Waals surface area contributed by atoms with E-state index in [0.717, 1.165) is 31.9 Å². The minimum Gasteiger partial charge on any atom is -0.357 e. The molecule has 2 saturated carbocycles. The van der Waals surface area contributed by atoms with Crippen LogP contribution < -0.4 is 16.0 Å². The molecule has 5 nitrogen and oxygen atoms in total. The highest BCUT2D eigenvalue weighted by Gasteiger charge is 2.38. The fourth-order valence-corrected chi connectivity index (χ4v) is 3.36. The molecule has 0 unspecified atom stereocenters. The average molecular weight is 470 g/mol. The molecule has 26 heavy (non-hydrogen) atoms. The van der Waals surface area contributed by atoms with Gasteiger partial charge in [0.05, 0.1) is 6.54 Å². The van der Waals surface area contributed by atoms with Gasteiger partial charge in [0, 0.05) is 31.0 Å². The fourth-order valence-electron chi connectivity index (χ4n) is 3.36. The number of guanidine groups is 1. The molecule has 3 N–H and O–H groups in total. The predicted molar refractivity (Wildman–Crippen MR) is 117 cm³/mol. The zero-order valence-electron chi connectivity index (χ0n) is 15.6. The van der Waals surface area contributed by atoms with Crippen LogP contribution in [0.4, 0.5) is 0 Å². The number of nitrogens with one attached hydrogen (secondary N) is 3. The zero-order valence-corrected chi connectivity index (χ0v) is 17.9. The Morgan fingerprint density at radius 2 is 1.81 bits per heavy atom. The summed E-state index contributed by atoms with van der Waals surface area (Å²) in [6.07, 6.45) is 5.78. The second-order valence-electron chi connectivity index (χ2n) is 7.19. The molecular weight excluding hydrogens is 439 g/mol. The van der Waals surface area contributed by atoms with E-state index in [1.54, 1.807) is 0 Å². The molecule has 2 aliphatic carbocycles.